The predicted octanol–water partition coefficient (Wildman–Crippen LogP) is 3.51. The zero-order valence-corrected chi connectivity index (χ0v) is 13.4. The van der Waals surface area contributed by atoms with E-state index >= 15 is 0 Å². The van der Waals surface area contributed by atoms with Gasteiger partial charge in [-0.2, -0.15) is 5.26 Å². The van der Waals surface area contributed by atoms with Crippen LogP contribution in [0.3, 0.4) is 0 Å². The molecule has 0 spiro atoms. The summed E-state index contributed by atoms with van der Waals surface area (Å²) in [7, 11) is 1.84. The smallest absolute Gasteiger partial charge is 0.232 e. The van der Waals surface area contributed by atoms with E-state index in [0.29, 0.717) is 17.9 Å². The van der Waals surface area contributed by atoms with Crippen LogP contribution in [0.25, 0.3) is 0 Å². The summed E-state index contributed by atoms with van der Waals surface area (Å²) < 4.78 is 0. The number of rotatable bonds is 6. The van der Waals surface area contributed by atoms with Crippen molar-refractivity contribution in [3.05, 3.63) is 57.8 Å². The molecule has 108 valence electrons. The number of benzene rings is 1. The third-order valence-electron chi connectivity index (χ3n) is 2.98. The number of amides is 1. The molecule has 0 unspecified atom stereocenters. The van der Waals surface area contributed by atoms with Gasteiger partial charge in [0, 0.05) is 17.7 Å². The molecule has 1 aromatic heterocycles. The topological polar surface area (TPSA) is 44.1 Å². The molecular formula is C16H16N2OS2. The molecule has 2 rings (SSSR count). The summed E-state index contributed by atoms with van der Waals surface area (Å²) in [6.45, 7) is 0.675. The van der Waals surface area contributed by atoms with E-state index in [0.717, 1.165) is 11.3 Å². The number of nitrogens with zero attached hydrogens (tertiary/aromatic N) is 2. The fourth-order valence-corrected chi connectivity index (χ4v) is 3.45. The van der Waals surface area contributed by atoms with Gasteiger partial charge in [-0.25, -0.2) is 0 Å². The van der Waals surface area contributed by atoms with Crippen molar-refractivity contribution >= 4 is 29.0 Å². The lowest BCUT2D eigenvalue weighted by molar-refractivity contribution is -0.127. The van der Waals surface area contributed by atoms with Crippen LogP contribution in [-0.2, 0) is 17.1 Å². The van der Waals surface area contributed by atoms with Gasteiger partial charge in [0.05, 0.1) is 23.9 Å². The zero-order chi connectivity index (χ0) is 15.1. The summed E-state index contributed by atoms with van der Waals surface area (Å²) in [6.07, 6.45) is 0. The van der Waals surface area contributed by atoms with Gasteiger partial charge in [0.15, 0.2) is 0 Å². The fraction of sp³-hybridized carbons (Fsp3) is 0.250. The van der Waals surface area contributed by atoms with Crippen LogP contribution in [0, 0.1) is 11.3 Å². The van der Waals surface area contributed by atoms with Gasteiger partial charge in [0.25, 0.3) is 0 Å². The molecule has 0 radical (unpaired) electrons. The van der Waals surface area contributed by atoms with E-state index in [4.69, 9.17) is 5.26 Å². The average Bonchev–Trinajstić information content (AvgIpc) is 3.00. The number of carbonyl (C=O) groups excluding carboxylic acids is 1. The highest BCUT2D eigenvalue weighted by Gasteiger charge is 2.09. The molecule has 0 fully saturated rings. The van der Waals surface area contributed by atoms with Gasteiger partial charge < -0.3 is 4.90 Å². The fourth-order valence-electron chi connectivity index (χ4n) is 1.77. The van der Waals surface area contributed by atoms with Crippen molar-refractivity contribution in [2.45, 2.75) is 12.3 Å². The van der Waals surface area contributed by atoms with Gasteiger partial charge in [0.2, 0.25) is 5.91 Å². The molecule has 0 bridgehead atoms. The van der Waals surface area contributed by atoms with Gasteiger partial charge in [-0.1, -0.05) is 18.2 Å². The lowest BCUT2D eigenvalue weighted by Crippen LogP contribution is -2.27. The summed E-state index contributed by atoms with van der Waals surface area (Å²) in [4.78, 5) is 15.0. The SMILES string of the molecule is CN(Cc1cccs1)C(=O)CSCc1ccc(C#N)cc1. The van der Waals surface area contributed by atoms with Crippen LogP contribution in [0.2, 0.25) is 0 Å². The molecule has 21 heavy (non-hydrogen) atoms. The Balaban J connectivity index is 1.74. The van der Waals surface area contributed by atoms with Crippen LogP contribution in [0.4, 0.5) is 0 Å². The van der Waals surface area contributed by atoms with E-state index in [1.54, 1.807) is 40.1 Å². The normalized spacial score (nSPS) is 10.1. The molecule has 1 aromatic carbocycles. The van der Waals surface area contributed by atoms with E-state index in [9.17, 15) is 4.79 Å². The van der Waals surface area contributed by atoms with Crippen LogP contribution in [0.15, 0.2) is 41.8 Å². The van der Waals surface area contributed by atoms with Crippen LogP contribution in [0.5, 0.6) is 0 Å². The van der Waals surface area contributed by atoms with Crippen LogP contribution >= 0.6 is 23.1 Å². The van der Waals surface area contributed by atoms with Crippen molar-refractivity contribution in [2.24, 2.45) is 0 Å². The molecule has 3 nitrogen and oxygen atoms in total. The van der Waals surface area contributed by atoms with E-state index in [-0.39, 0.29) is 5.91 Å². The summed E-state index contributed by atoms with van der Waals surface area (Å²) in [5, 5.41) is 10.8. The van der Waals surface area contributed by atoms with E-state index < -0.39 is 0 Å². The Morgan fingerprint density at radius 2 is 2.10 bits per heavy atom. The Morgan fingerprint density at radius 3 is 2.71 bits per heavy atom. The van der Waals surface area contributed by atoms with Crippen molar-refractivity contribution in [2.75, 3.05) is 12.8 Å². The molecule has 0 aliphatic rings. The van der Waals surface area contributed by atoms with Crippen molar-refractivity contribution in [3.63, 3.8) is 0 Å². The van der Waals surface area contributed by atoms with Crippen LogP contribution in [0.1, 0.15) is 16.0 Å². The van der Waals surface area contributed by atoms with E-state index in [1.165, 1.54) is 4.88 Å². The Morgan fingerprint density at radius 1 is 1.33 bits per heavy atom. The van der Waals surface area contributed by atoms with Gasteiger partial charge in [0.1, 0.15) is 0 Å². The van der Waals surface area contributed by atoms with Crippen molar-refractivity contribution in [3.8, 4) is 6.07 Å². The van der Waals surface area contributed by atoms with Crippen LogP contribution < -0.4 is 0 Å². The maximum absolute atomic E-state index is 12.0. The third kappa shape index (κ3) is 4.92. The van der Waals surface area contributed by atoms with Crippen molar-refractivity contribution < 1.29 is 4.79 Å². The van der Waals surface area contributed by atoms with E-state index in [2.05, 4.69) is 6.07 Å². The monoisotopic (exact) mass is 316 g/mol. The van der Waals surface area contributed by atoms with Crippen molar-refractivity contribution in [1.82, 2.24) is 4.90 Å². The Labute approximate surface area is 133 Å². The van der Waals surface area contributed by atoms with Gasteiger partial charge in [-0.05, 0) is 29.1 Å². The summed E-state index contributed by atoms with van der Waals surface area (Å²) in [5.74, 6) is 1.40. The summed E-state index contributed by atoms with van der Waals surface area (Å²) >= 11 is 3.26. The molecule has 0 aliphatic heterocycles. The number of carbonyl (C=O) groups is 1. The molecule has 0 N–H and O–H groups in total. The van der Waals surface area contributed by atoms with Gasteiger partial charge in [-0.3, -0.25) is 4.79 Å². The molecule has 1 amide bonds. The molecule has 2 aromatic rings. The first-order valence-electron chi connectivity index (χ1n) is 6.52. The van der Waals surface area contributed by atoms with Crippen molar-refractivity contribution in [1.29, 1.82) is 5.26 Å². The van der Waals surface area contributed by atoms with Gasteiger partial charge >= 0.3 is 0 Å². The number of thiophene rings is 1. The second kappa shape index (κ2) is 7.87. The quantitative estimate of drug-likeness (QED) is 0.819. The highest BCUT2D eigenvalue weighted by Crippen LogP contribution is 2.15. The molecule has 1 heterocycles. The third-order valence-corrected chi connectivity index (χ3v) is 4.83. The Bertz CT molecular complexity index is 615. The van der Waals surface area contributed by atoms with Crippen LogP contribution in [-0.4, -0.2) is 23.6 Å². The predicted molar refractivity (Wildman–Crippen MR) is 88.1 cm³/mol. The minimum Gasteiger partial charge on any atom is -0.340 e. The summed E-state index contributed by atoms with van der Waals surface area (Å²) in [6, 6.07) is 13.6. The number of hydrogen-bond donors (Lipinski definition) is 0. The number of nitriles is 1. The molecule has 0 saturated carbocycles. The second-order valence-electron chi connectivity index (χ2n) is 4.63. The first-order valence-corrected chi connectivity index (χ1v) is 8.55. The first-order chi connectivity index (χ1) is 10.2. The Hall–Kier alpha value is -1.77. The maximum atomic E-state index is 12.0. The highest BCUT2D eigenvalue weighted by molar-refractivity contribution is 7.99. The number of thioether (sulfide) groups is 1. The lowest BCUT2D eigenvalue weighted by Gasteiger charge is -2.15. The largest absolute Gasteiger partial charge is 0.340 e. The minimum atomic E-state index is 0.141. The highest BCUT2D eigenvalue weighted by atomic mass is 32.2. The Kier molecular flexibility index (Phi) is 5.85. The molecule has 0 saturated heterocycles. The molecule has 5 heteroatoms. The standard InChI is InChI=1S/C16H16N2OS2/c1-18(10-15-3-2-8-21-15)16(19)12-20-11-14-6-4-13(9-17)5-7-14/h2-8H,10-12H2,1H3. The molecule has 0 aliphatic carbocycles. The zero-order valence-electron chi connectivity index (χ0n) is 11.8. The van der Waals surface area contributed by atoms with Gasteiger partial charge in [-0.15, -0.1) is 23.1 Å². The average molecular weight is 316 g/mol. The molecular weight excluding hydrogens is 300 g/mol. The number of hydrogen-bond acceptors (Lipinski definition) is 4. The maximum Gasteiger partial charge on any atom is 0.232 e. The second-order valence-corrected chi connectivity index (χ2v) is 6.65. The lowest BCUT2D eigenvalue weighted by atomic mass is 10.2. The van der Waals surface area contributed by atoms with E-state index in [1.807, 2.05) is 36.7 Å². The first kappa shape index (κ1) is 15.6. The molecule has 0 atom stereocenters. The minimum absolute atomic E-state index is 0.141. The summed E-state index contributed by atoms with van der Waals surface area (Å²) in [5.41, 5.74) is 1.79.